The number of halogens is 2. The normalized spacial score (nSPS) is 11.1. The molecular weight excluding hydrogens is 473 g/mol. The average molecular weight is 500 g/mol. The van der Waals surface area contributed by atoms with Crippen LogP contribution in [0.4, 0.5) is 5.69 Å². The summed E-state index contributed by atoms with van der Waals surface area (Å²) in [5, 5.41) is 6.22. The molecule has 0 bridgehead atoms. The zero-order chi connectivity index (χ0) is 23.7. The quantitative estimate of drug-likeness (QED) is 0.456. The largest absolute Gasteiger partial charge is 0.356 e. The van der Waals surface area contributed by atoms with Crippen LogP contribution in [-0.4, -0.2) is 39.6 Å². The summed E-state index contributed by atoms with van der Waals surface area (Å²) in [6.45, 7) is 2.64. The van der Waals surface area contributed by atoms with E-state index in [1.54, 1.807) is 42.5 Å². The summed E-state index contributed by atoms with van der Waals surface area (Å²) in [6.07, 6.45) is 3.64. The lowest BCUT2D eigenvalue weighted by Gasteiger charge is -2.23. The molecule has 0 aromatic heterocycles. The molecule has 2 N–H and O–H groups in total. The smallest absolute Gasteiger partial charge is 0.251 e. The lowest BCUT2D eigenvalue weighted by molar-refractivity contribution is -0.118. The number of benzene rings is 2. The number of nitrogens with zero attached hydrogens (tertiary/aromatic N) is 1. The second-order valence-electron chi connectivity index (χ2n) is 7.33. The number of rotatable bonds is 11. The van der Waals surface area contributed by atoms with Crippen molar-refractivity contribution in [2.24, 2.45) is 0 Å². The van der Waals surface area contributed by atoms with Gasteiger partial charge in [0.15, 0.2) is 0 Å². The van der Waals surface area contributed by atoms with E-state index < -0.39 is 10.0 Å². The van der Waals surface area contributed by atoms with Gasteiger partial charge < -0.3 is 10.6 Å². The second kappa shape index (κ2) is 12.1. The van der Waals surface area contributed by atoms with E-state index in [4.69, 9.17) is 23.2 Å². The van der Waals surface area contributed by atoms with Crippen LogP contribution in [0.2, 0.25) is 10.0 Å². The molecule has 0 spiro atoms. The maximum absolute atomic E-state index is 12.4. The number of sulfonamides is 1. The first kappa shape index (κ1) is 26.0. The molecule has 2 amide bonds. The second-order valence-corrected chi connectivity index (χ2v) is 10.0. The molecule has 32 heavy (non-hydrogen) atoms. The summed E-state index contributed by atoms with van der Waals surface area (Å²) in [6, 6.07) is 11.4. The van der Waals surface area contributed by atoms with E-state index in [1.165, 1.54) is 11.2 Å². The molecule has 0 atom stereocenters. The van der Waals surface area contributed by atoms with Crippen molar-refractivity contribution in [3.8, 4) is 0 Å². The van der Waals surface area contributed by atoms with Crippen molar-refractivity contribution in [3.05, 3.63) is 63.6 Å². The molecule has 2 rings (SSSR count). The van der Waals surface area contributed by atoms with E-state index in [0.29, 0.717) is 39.9 Å². The van der Waals surface area contributed by atoms with Crippen molar-refractivity contribution in [1.29, 1.82) is 0 Å². The standard InChI is InChI=1S/C22H27Cl2N3O4S/c1-16(28)25-13-4-3-5-14-26-22(29)17-9-11-19(12-10-17)27(32(2,30)31)15-18-7-6-8-20(23)21(18)24/h6-12H,3-5,13-15H2,1-2H3,(H,25,28)(H,26,29). The molecule has 10 heteroatoms. The number of unbranched alkanes of at least 4 members (excludes halogenated alkanes) is 2. The molecule has 0 unspecified atom stereocenters. The Kier molecular flexibility index (Phi) is 9.81. The van der Waals surface area contributed by atoms with Crippen LogP contribution in [0.1, 0.15) is 42.1 Å². The van der Waals surface area contributed by atoms with Crippen LogP contribution in [0.5, 0.6) is 0 Å². The van der Waals surface area contributed by atoms with Crippen LogP contribution >= 0.6 is 23.2 Å². The Morgan fingerprint density at radius 1 is 0.938 bits per heavy atom. The summed E-state index contributed by atoms with van der Waals surface area (Å²) in [4.78, 5) is 23.1. The number of carbonyl (C=O) groups excluding carboxylic acids is 2. The Morgan fingerprint density at radius 3 is 2.16 bits per heavy atom. The molecule has 7 nitrogen and oxygen atoms in total. The molecule has 0 aliphatic carbocycles. The van der Waals surface area contributed by atoms with Gasteiger partial charge in [-0.15, -0.1) is 0 Å². The molecule has 0 aliphatic rings. The number of amides is 2. The van der Waals surface area contributed by atoms with Crippen molar-refractivity contribution in [2.75, 3.05) is 23.7 Å². The third-order valence-electron chi connectivity index (χ3n) is 4.68. The SMILES string of the molecule is CC(=O)NCCCCCNC(=O)c1ccc(N(Cc2cccc(Cl)c2Cl)S(C)(=O)=O)cc1. The van der Waals surface area contributed by atoms with Crippen LogP contribution in [0.3, 0.4) is 0 Å². The summed E-state index contributed by atoms with van der Waals surface area (Å²) >= 11 is 12.3. The van der Waals surface area contributed by atoms with Crippen molar-refractivity contribution >= 4 is 50.7 Å². The van der Waals surface area contributed by atoms with Gasteiger partial charge in [0.2, 0.25) is 15.9 Å². The van der Waals surface area contributed by atoms with Gasteiger partial charge in [0, 0.05) is 25.6 Å². The summed E-state index contributed by atoms with van der Waals surface area (Å²) < 4.78 is 26.0. The Hall–Kier alpha value is -2.29. The minimum absolute atomic E-state index is 0.0161. The van der Waals surface area contributed by atoms with Gasteiger partial charge in [-0.1, -0.05) is 35.3 Å². The van der Waals surface area contributed by atoms with Crippen molar-refractivity contribution in [3.63, 3.8) is 0 Å². The van der Waals surface area contributed by atoms with E-state index in [1.807, 2.05) is 0 Å². The third kappa shape index (κ3) is 8.00. The highest BCUT2D eigenvalue weighted by Gasteiger charge is 2.20. The molecule has 0 saturated carbocycles. The number of anilines is 1. The van der Waals surface area contributed by atoms with Crippen molar-refractivity contribution < 1.29 is 18.0 Å². The number of nitrogens with one attached hydrogen (secondary N) is 2. The zero-order valence-corrected chi connectivity index (χ0v) is 20.4. The van der Waals surface area contributed by atoms with Crippen molar-refractivity contribution in [1.82, 2.24) is 10.6 Å². The fraction of sp³-hybridized carbons (Fsp3) is 0.364. The highest BCUT2D eigenvalue weighted by Crippen LogP contribution is 2.29. The van der Waals surface area contributed by atoms with Crippen LogP contribution in [0.25, 0.3) is 0 Å². The zero-order valence-electron chi connectivity index (χ0n) is 18.0. The van der Waals surface area contributed by atoms with Gasteiger partial charge in [-0.2, -0.15) is 0 Å². The molecular formula is C22H27Cl2N3O4S. The van der Waals surface area contributed by atoms with Crippen LogP contribution in [0, 0.1) is 0 Å². The first-order valence-corrected chi connectivity index (χ1v) is 12.7. The average Bonchev–Trinajstić information content (AvgIpc) is 2.73. The predicted octanol–water partition coefficient (Wildman–Crippen LogP) is 4.00. The minimum atomic E-state index is -3.60. The van der Waals surface area contributed by atoms with Gasteiger partial charge in [0.05, 0.1) is 28.5 Å². The van der Waals surface area contributed by atoms with E-state index in [9.17, 15) is 18.0 Å². The fourth-order valence-corrected chi connectivity index (χ4v) is 4.26. The topological polar surface area (TPSA) is 95.6 Å². The van der Waals surface area contributed by atoms with E-state index in [0.717, 1.165) is 25.5 Å². The number of hydrogen-bond donors (Lipinski definition) is 2. The van der Waals surface area contributed by atoms with Crippen LogP contribution in [0.15, 0.2) is 42.5 Å². The molecule has 0 saturated heterocycles. The maximum Gasteiger partial charge on any atom is 0.251 e. The van der Waals surface area contributed by atoms with Gasteiger partial charge >= 0.3 is 0 Å². The van der Waals surface area contributed by atoms with Gasteiger partial charge in [-0.05, 0) is 55.2 Å². The summed E-state index contributed by atoms with van der Waals surface area (Å²) in [5.74, 6) is -0.283. The van der Waals surface area contributed by atoms with E-state index in [2.05, 4.69) is 10.6 Å². The lowest BCUT2D eigenvalue weighted by Crippen LogP contribution is -2.29. The fourth-order valence-electron chi connectivity index (χ4n) is 3.00. The molecule has 0 radical (unpaired) electrons. The Bertz CT molecular complexity index is 1040. The summed E-state index contributed by atoms with van der Waals surface area (Å²) in [7, 11) is -3.60. The maximum atomic E-state index is 12.4. The first-order valence-electron chi connectivity index (χ1n) is 10.1. The summed E-state index contributed by atoms with van der Waals surface area (Å²) in [5.41, 5.74) is 1.42. The van der Waals surface area contributed by atoms with Gasteiger partial charge in [0.1, 0.15) is 0 Å². The van der Waals surface area contributed by atoms with Crippen molar-refractivity contribution in [2.45, 2.75) is 32.7 Å². The molecule has 0 heterocycles. The minimum Gasteiger partial charge on any atom is -0.356 e. The molecule has 2 aromatic rings. The Balaban J connectivity index is 1.98. The first-order chi connectivity index (χ1) is 15.1. The highest BCUT2D eigenvalue weighted by molar-refractivity contribution is 7.92. The Morgan fingerprint density at radius 2 is 1.56 bits per heavy atom. The highest BCUT2D eigenvalue weighted by atomic mass is 35.5. The lowest BCUT2D eigenvalue weighted by atomic mass is 10.1. The predicted molar refractivity (Wildman–Crippen MR) is 129 cm³/mol. The van der Waals surface area contributed by atoms with Crippen LogP contribution < -0.4 is 14.9 Å². The molecule has 0 aliphatic heterocycles. The van der Waals surface area contributed by atoms with E-state index >= 15 is 0 Å². The van der Waals surface area contributed by atoms with Crippen LogP contribution in [-0.2, 0) is 21.4 Å². The van der Waals surface area contributed by atoms with Gasteiger partial charge in [-0.25, -0.2) is 8.42 Å². The molecule has 0 fully saturated rings. The van der Waals surface area contributed by atoms with Gasteiger partial charge in [0.25, 0.3) is 5.91 Å². The van der Waals surface area contributed by atoms with Gasteiger partial charge in [-0.3, -0.25) is 13.9 Å². The molecule has 174 valence electrons. The van der Waals surface area contributed by atoms with E-state index in [-0.39, 0.29) is 18.4 Å². The monoisotopic (exact) mass is 499 g/mol. The third-order valence-corrected chi connectivity index (χ3v) is 6.68. The Labute approximate surface area is 199 Å². The molecule has 2 aromatic carbocycles. The number of carbonyl (C=O) groups is 2. The number of hydrogen-bond acceptors (Lipinski definition) is 4.